The Bertz CT molecular complexity index is 1330. The quantitative estimate of drug-likeness (QED) is 0.392. The number of hydrogen-bond acceptors (Lipinski definition) is 7. The summed E-state index contributed by atoms with van der Waals surface area (Å²) in [6, 6.07) is 22.3. The summed E-state index contributed by atoms with van der Waals surface area (Å²) < 4.78 is 34.0. The molecule has 0 radical (unpaired) electrons. The standard InChI is InChI=1S/C23H22N6O4S/c1-28(15-18-5-3-2-4-6-18)34(31,32)22-13-7-19(8-14-22)25-23(30)16-33-21-11-9-20(10-12-21)29-17-24-26-27-29/h2-14,17H,15-16H2,1H3,(H,25,30). The lowest BCUT2D eigenvalue weighted by Gasteiger charge is -2.17. The van der Waals surface area contributed by atoms with Gasteiger partial charge in [-0.25, -0.2) is 13.1 Å². The molecule has 4 aromatic rings. The Labute approximate surface area is 196 Å². The Morgan fingerprint density at radius 2 is 1.71 bits per heavy atom. The summed E-state index contributed by atoms with van der Waals surface area (Å²) >= 11 is 0. The van der Waals surface area contributed by atoms with Crippen LogP contribution in [0.15, 0.2) is 90.1 Å². The average molecular weight is 479 g/mol. The molecule has 4 rings (SSSR count). The van der Waals surface area contributed by atoms with Crippen molar-refractivity contribution >= 4 is 21.6 Å². The number of carbonyl (C=O) groups is 1. The third-order valence-corrected chi connectivity index (χ3v) is 6.73. The van der Waals surface area contributed by atoms with E-state index in [-0.39, 0.29) is 24.0 Å². The van der Waals surface area contributed by atoms with E-state index in [0.717, 1.165) is 11.3 Å². The molecule has 1 N–H and O–H groups in total. The van der Waals surface area contributed by atoms with E-state index >= 15 is 0 Å². The Kier molecular flexibility index (Phi) is 6.95. The average Bonchev–Trinajstić information content (AvgIpc) is 3.39. The number of carbonyl (C=O) groups excluding carboxylic acids is 1. The SMILES string of the molecule is CN(Cc1ccccc1)S(=O)(=O)c1ccc(NC(=O)COc2ccc(-n3cnnn3)cc2)cc1. The van der Waals surface area contributed by atoms with E-state index in [1.165, 1.54) is 34.5 Å². The van der Waals surface area contributed by atoms with E-state index in [1.54, 1.807) is 36.4 Å². The van der Waals surface area contributed by atoms with Gasteiger partial charge in [-0.05, 0) is 64.5 Å². The molecular weight excluding hydrogens is 456 g/mol. The lowest BCUT2D eigenvalue weighted by Crippen LogP contribution is -2.26. The maximum atomic E-state index is 12.8. The molecule has 11 heteroatoms. The zero-order valence-electron chi connectivity index (χ0n) is 18.3. The monoisotopic (exact) mass is 478 g/mol. The Morgan fingerprint density at radius 1 is 1.00 bits per heavy atom. The number of tetrazole rings is 1. The second kappa shape index (κ2) is 10.2. The number of aromatic nitrogens is 4. The van der Waals surface area contributed by atoms with Gasteiger partial charge < -0.3 is 10.1 Å². The highest BCUT2D eigenvalue weighted by Gasteiger charge is 2.21. The van der Waals surface area contributed by atoms with E-state index in [0.29, 0.717) is 11.4 Å². The summed E-state index contributed by atoms with van der Waals surface area (Å²) in [7, 11) is -2.13. The first-order valence-corrected chi connectivity index (χ1v) is 11.7. The molecule has 1 aromatic heterocycles. The van der Waals surface area contributed by atoms with Crippen LogP contribution < -0.4 is 10.1 Å². The Balaban J connectivity index is 1.31. The summed E-state index contributed by atoms with van der Waals surface area (Å²) in [5.41, 5.74) is 2.11. The normalized spacial score (nSPS) is 11.4. The number of nitrogens with one attached hydrogen (secondary N) is 1. The number of amides is 1. The summed E-state index contributed by atoms with van der Waals surface area (Å²) in [5.74, 6) is 0.135. The van der Waals surface area contributed by atoms with Gasteiger partial charge in [0.1, 0.15) is 12.1 Å². The summed E-state index contributed by atoms with van der Waals surface area (Å²) in [6.07, 6.45) is 1.47. The van der Waals surface area contributed by atoms with Crippen molar-refractivity contribution in [1.82, 2.24) is 24.5 Å². The van der Waals surface area contributed by atoms with Gasteiger partial charge in [0, 0.05) is 19.3 Å². The molecule has 0 spiro atoms. The van der Waals surface area contributed by atoms with Crippen LogP contribution in [-0.4, -0.2) is 52.5 Å². The van der Waals surface area contributed by atoms with Gasteiger partial charge in [-0.15, -0.1) is 5.10 Å². The minimum Gasteiger partial charge on any atom is -0.484 e. The number of rotatable bonds is 9. The van der Waals surface area contributed by atoms with Gasteiger partial charge in [0.05, 0.1) is 10.6 Å². The van der Waals surface area contributed by atoms with E-state index in [4.69, 9.17) is 4.74 Å². The van der Waals surface area contributed by atoms with Crippen molar-refractivity contribution in [2.75, 3.05) is 19.0 Å². The third kappa shape index (κ3) is 5.63. The number of ether oxygens (including phenoxy) is 1. The van der Waals surface area contributed by atoms with Crippen molar-refractivity contribution in [1.29, 1.82) is 0 Å². The van der Waals surface area contributed by atoms with Crippen LogP contribution in [0.3, 0.4) is 0 Å². The number of sulfonamides is 1. The van der Waals surface area contributed by atoms with Gasteiger partial charge in [0.2, 0.25) is 10.0 Å². The highest BCUT2D eigenvalue weighted by Crippen LogP contribution is 2.19. The minimum atomic E-state index is -3.67. The van der Waals surface area contributed by atoms with E-state index in [2.05, 4.69) is 20.8 Å². The van der Waals surface area contributed by atoms with E-state index < -0.39 is 10.0 Å². The first kappa shape index (κ1) is 23.1. The molecule has 0 aliphatic carbocycles. The number of anilines is 1. The highest BCUT2D eigenvalue weighted by atomic mass is 32.2. The molecule has 0 unspecified atom stereocenters. The lowest BCUT2D eigenvalue weighted by molar-refractivity contribution is -0.118. The fraction of sp³-hybridized carbons (Fsp3) is 0.130. The molecule has 0 saturated heterocycles. The smallest absolute Gasteiger partial charge is 0.262 e. The highest BCUT2D eigenvalue weighted by molar-refractivity contribution is 7.89. The molecule has 1 amide bonds. The molecule has 0 bridgehead atoms. The third-order valence-electron chi connectivity index (χ3n) is 4.91. The molecular formula is C23H22N6O4S. The topological polar surface area (TPSA) is 119 Å². The first-order valence-electron chi connectivity index (χ1n) is 10.3. The van der Waals surface area contributed by atoms with Gasteiger partial charge >= 0.3 is 0 Å². The molecule has 3 aromatic carbocycles. The molecule has 0 atom stereocenters. The van der Waals surface area contributed by atoms with E-state index in [1.807, 2.05) is 30.3 Å². The van der Waals surface area contributed by atoms with Crippen molar-refractivity contribution in [3.05, 3.63) is 90.8 Å². The predicted octanol–water partition coefficient (Wildman–Crippen LogP) is 2.50. The summed E-state index contributed by atoms with van der Waals surface area (Å²) in [6.45, 7) is 0.0553. The minimum absolute atomic E-state index is 0.142. The van der Waals surface area contributed by atoms with Gasteiger partial charge in [0.15, 0.2) is 6.61 Å². The molecule has 0 aliphatic rings. The van der Waals surface area contributed by atoms with Crippen LogP contribution in [0, 0.1) is 0 Å². The first-order chi connectivity index (χ1) is 16.4. The van der Waals surface area contributed by atoms with Crippen LogP contribution in [0.4, 0.5) is 5.69 Å². The van der Waals surface area contributed by atoms with Crippen molar-refractivity contribution in [2.45, 2.75) is 11.4 Å². The predicted molar refractivity (Wildman–Crippen MR) is 125 cm³/mol. The van der Waals surface area contributed by atoms with Crippen molar-refractivity contribution in [3.8, 4) is 11.4 Å². The second-order valence-corrected chi connectivity index (χ2v) is 9.40. The Morgan fingerprint density at radius 3 is 2.35 bits per heavy atom. The largest absolute Gasteiger partial charge is 0.484 e. The number of hydrogen-bond donors (Lipinski definition) is 1. The molecule has 174 valence electrons. The van der Waals surface area contributed by atoms with Crippen molar-refractivity contribution in [3.63, 3.8) is 0 Å². The zero-order chi connectivity index (χ0) is 24.0. The van der Waals surface area contributed by atoms with Crippen molar-refractivity contribution < 1.29 is 17.9 Å². The molecule has 10 nitrogen and oxygen atoms in total. The van der Waals surface area contributed by atoms with Crippen LogP contribution in [0.25, 0.3) is 5.69 Å². The van der Waals surface area contributed by atoms with Crippen LogP contribution in [0.1, 0.15) is 5.56 Å². The Hall–Kier alpha value is -4.09. The number of benzene rings is 3. The fourth-order valence-electron chi connectivity index (χ4n) is 3.14. The molecule has 34 heavy (non-hydrogen) atoms. The van der Waals surface area contributed by atoms with Crippen LogP contribution in [0.2, 0.25) is 0 Å². The summed E-state index contributed by atoms with van der Waals surface area (Å²) in [5, 5.41) is 13.6. The van der Waals surface area contributed by atoms with Crippen LogP contribution in [0.5, 0.6) is 5.75 Å². The van der Waals surface area contributed by atoms with Gasteiger partial charge in [-0.1, -0.05) is 30.3 Å². The maximum Gasteiger partial charge on any atom is 0.262 e. The van der Waals surface area contributed by atoms with Crippen molar-refractivity contribution in [2.24, 2.45) is 0 Å². The van der Waals surface area contributed by atoms with Gasteiger partial charge in [-0.2, -0.15) is 4.31 Å². The maximum absolute atomic E-state index is 12.8. The summed E-state index contributed by atoms with van der Waals surface area (Å²) in [4.78, 5) is 12.4. The van der Waals surface area contributed by atoms with Crippen LogP contribution in [-0.2, 0) is 21.4 Å². The second-order valence-electron chi connectivity index (χ2n) is 7.36. The fourth-order valence-corrected chi connectivity index (χ4v) is 4.30. The van der Waals surface area contributed by atoms with Gasteiger partial charge in [-0.3, -0.25) is 4.79 Å². The zero-order valence-corrected chi connectivity index (χ0v) is 19.1. The van der Waals surface area contributed by atoms with E-state index in [9.17, 15) is 13.2 Å². The molecule has 0 aliphatic heterocycles. The molecule has 0 saturated carbocycles. The molecule has 1 heterocycles. The number of nitrogens with zero attached hydrogens (tertiary/aromatic N) is 5. The van der Waals surface area contributed by atoms with Crippen LogP contribution >= 0.6 is 0 Å². The molecule has 0 fully saturated rings. The lowest BCUT2D eigenvalue weighted by atomic mass is 10.2. The van der Waals surface area contributed by atoms with Gasteiger partial charge in [0.25, 0.3) is 5.91 Å².